The summed E-state index contributed by atoms with van der Waals surface area (Å²) >= 11 is 3.41. The van der Waals surface area contributed by atoms with E-state index in [1.54, 1.807) is 24.3 Å². The number of halogens is 1. The van der Waals surface area contributed by atoms with Crippen LogP contribution in [0.4, 0.5) is 5.69 Å². The number of anilines is 1. The summed E-state index contributed by atoms with van der Waals surface area (Å²) in [6.07, 6.45) is 0.596. The van der Waals surface area contributed by atoms with Gasteiger partial charge in [0, 0.05) is 16.6 Å². The molecule has 1 fully saturated rings. The van der Waals surface area contributed by atoms with Crippen molar-refractivity contribution in [2.45, 2.75) is 13.0 Å². The van der Waals surface area contributed by atoms with Gasteiger partial charge in [0.1, 0.15) is 6.61 Å². The maximum Gasteiger partial charge on any atom is 0.338 e. The summed E-state index contributed by atoms with van der Waals surface area (Å²) in [6.45, 7) is 0.588. The van der Waals surface area contributed by atoms with Crippen molar-refractivity contribution in [2.75, 3.05) is 16.6 Å². The summed E-state index contributed by atoms with van der Waals surface area (Å²) in [6, 6.07) is 14.0. The van der Waals surface area contributed by atoms with Crippen molar-refractivity contribution in [3.05, 3.63) is 64.1 Å². The molecule has 0 unspecified atom stereocenters. The van der Waals surface area contributed by atoms with Crippen molar-refractivity contribution in [1.29, 1.82) is 0 Å². The number of sulfonamides is 1. The molecule has 0 saturated carbocycles. The molecule has 0 radical (unpaired) electrons. The standard InChI is InChI=1S/C17H16BrNO4S/c18-16-8-2-1-5-14(16)12-23-17(20)13-6-3-7-15(11-13)19-9-4-10-24(19,21)22/h1-3,5-8,11H,4,9-10,12H2. The van der Waals surface area contributed by atoms with Crippen LogP contribution < -0.4 is 4.31 Å². The van der Waals surface area contributed by atoms with E-state index in [2.05, 4.69) is 15.9 Å². The molecule has 2 aromatic rings. The molecule has 126 valence electrons. The van der Waals surface area contributed by atoms with Gasteiger partial charge in [-0.1, -0.05) is 40.2 Å². The fourth-order valence-corrected chi connectivity index (χ4v) is 4.52. The number of ether oxygens (including phenoxy) is 1. The lowest BCUT2D eigenvalue weighted by Gasteiger charge is -2.17. The SMILES string of the molecule is O=C(OCc1ccccc1Br)c1cccc(N2CCCS2(=O)=O)c1. The zero-order chi connectivity index (χ0) is 17.2. The maximum atomic E-state index is 12.3. The lowest BCUT2D eigenvalue weighted by molar-refractivity contribution is 0.0472. The zero-order valence-electron chi connectivity index (χ0n) is 12.8. The van der Waals surface area contributed by atoms with Crippen LogP contribution in [0.2, 0.25) is 0 Å². The quantitative estimate of drug-likeness (QED) is 0.726. The highest BCUT2D eigenvalue weighted by Crippen LogP contribution is 2.25. The van der Waals surface area contributed by atoms with Gasteiger partial charge in [-0.2, -0.15) is 0 Å². The Kier molecular flexibility index (Phi) is 4.91. The molecule has 0 atom stereocenters. The number of benzene rings is 2. The molecule has 0 bridgehead atoms. The Balaban J connectivity index is 1.74. The van der Waals surface area contributed by atoms with Crippen LogP contribution in [-0.4, -0.2) is 26.7 Å². The molecule has 5 nitrogen and oxygen atoms in total. The third kappa shape index (κ3) is 3.62. The van der Waals surface area contributed by atoms with Gasteiger partial charge in [0.25, 0.3) is 0 Å². The number of hydrogen-bond acceptors (Lipinski definition) is 4. The molecule has 0 N–H and O–H groups in total. The molecule has 0 spiro atoms. The molecular weight excluding hydrogens is 394 g/mol. The van der Waals surface area contributed by atoms with Gasteiger partial charge in [-0.05, 0) is 30.7 Å². The third-order valence-corrected chi connectivity index (χ3v) is 6.43. The second-order valence-corrected chi connectivity index (χ2v) is 8.33. The molecule has 0 aliphatic carbocycles. The highest BCUT2D eigenvalue weighted by molar-refractivity contribution is 9.10. The lowest BCUT2D eigenvalue weighted by atomic mass is 10.2. The van der Waals surface area contributed by atoms with Gasteiger partial charge in [-0.3, -0.25) is 4.31 Å². The molecule has 1 saturated heterocycles. The average molecular weight is 410 g/mol. The summed E-state index contributed by atoms with van der Waals surface area (Å²) in [5.41, 5.74) is 1.70. The van der Waals surface area contributed by atoms with Crippen molar-refractivity contribution < 1.29 is 17.9 Å². The van der Waals surface area contributed by atoms with Gasteiger partial charge in [0.05, 0.1) is 17.0 Å². The van der Waals surface area contributed by atoms with Crippen molar-refractivity contribution in [2.24, 2.45) is 0 Å². The summed E-state index contributed by atoms with van der Waals surface area (Å²) < 4.78 is 31.5. The Morgan fingerprint density at radius 2 is 1.96 bits per heavy atom. The van der Waals surface area contributed by atoms with Crippen LogP contribution in [0.3, 0.4) is 0 Å². The first-order valence-corrected chi connectivity index (χ1v) is 9.88. The monoisotopic (exact) mass is 409 g/mol. The molecule has 24 heavy (non-hydrogen) atoms. The molecule has 1 heterocycles. The van der Waals surface area contributed by atoms with Gasteiger partial charge in [-0.15, -0.1) is 0 Å². The fraction of sp³-hybridized carbons (Fsp3) is 0.235. The highest BCUT2D eigenvalue weighted by atomic mass is 79.9. The summed E-state index contributed by atoms with van der Waals surface area (Å²) in [7, 11) is -3.27. The molecule has 1 aliphatic rings. The van der Waals surface area contributed by atoms with Crippen molar-refractivity contribution in [1.82, 2.24) is 0 Å². The van der Waals surface area contributed by atoms with Crippen LogP contribution in [0.1, 0.15) is 22.3 Å². The van der Waals surface area contributed by atoms with Crippen molar-refractivity contribution in [3.63, 3.8) is 0 Å². The van der Waals surface area contributed by atoms with Crippen LogP contribution in [0, 0.1) is 0 Å². The number of nitrogens with zero attached hydrogens (tertiary/aromatic N) is 1. The first kappa shape index (κ1) is 17.0. The minimum absolute atomic E-state index is 0.143. The average Bonchev–Trinajstić information content (AvgIpc) is 2.93. The van der Waals surface area contributed by atoms with Crippen LogP contribution in [0.25, 0.3) is 0 Å². The summed E-state index contributed by atoms with van der Waals surface area (Å²) in [5, 5.41) is 0. The molecule has 7 heteroatoms. The Morgan fingerprint density at radius 3 is 2.67 bits per heavy atom. The van der Waals surface area contributed by atoms with E-state index in [9.17, 15) is 13.2 Å². The van der Waals surface area contributed by atoms with Crippen LogP contribution in [-0.2, 0) is 21.4 Å². The topological polar surface area (TPSA) is 63.7 Å². The number of rotatable bonds is 4. The van der Waals surface area contributed by atoms with Crippen LogP contribution in [0.5, 0.6) is 0 Å². The van der Waals surface area contributed by atoms with E-state index in [1.165, 1.54) is 4.31 Å². The lowest BCUT2D eigenvalue weighted by Crippen LogP contribution is -2.25. The van der Waals surface area contributed by atoms with E-state index in [4.69, 9.17) is 4.74 Å². The summed E-state index contributed by atoms with van der Waals surface area (Å²) in [4.78, 5) is 12.3. The smallest absolute Gasteiger partial charge is 0.338 e. The maximum absolute atomic E-state index is 12.3. The van der Waals surface area contributed by atoms with Crippen LogP contribution in [0.15, 0.2) is 53.0 Å². The normalized spacial score (nSPS) is 16.1. The molecule has 0 amide bonds. The van der Waals surface area contributed by atoms with E-state index in [0.717, 1.165) is 10.0 Å². The Morgan fingerprint density at radius 1 is 1.17 bits per heavy atom. The first-order chi connectivity index (χ1) is 11.5. The molecule has 0 aromatic heterocycles. The minimum Gasteiger partial charge on any atom is -0.457 e. The van der Waals surface area contributed by atoms with Gasteiger partial charge in [0.2, 0.25) is 10.0 Å². The van der Waals surface area contributed by atoms with Gasteiger partial charge in [-0.25, -0.2) is 13.2 Å². The largest absolute Gasteiger partial charge is 0.457 e. The number of esters is 1. The van der Waals surface area contributed by atoms with E-state index < -0.39 is 16.0 Å². The van der Waals surface area contributed by atoms with Gasteiger partial charge < -0.3 is 4.74 Å². The zero-order valence-corrected chi connectivity index (χ0v) is 15.2. The Labute approximate surface area is 149 Å². The fourth-order valence-electron chi connectivity index (χ4n) is 2.56. The van der Waals surface area contributed by atoms with Crippen molar-refractivity contribution >= 4 is 37.6 Å². The first-order valence-electron chi connectivity index (χ1n) is 7.48. The van der Waals surface area contributed by atoms with E-state index >= 15 is 0 Å². The predicted molar refractivity (Wildman–Crippen MR) is 95.5 cm³/mol. The molecular formula is C17H16BrNO4S. The van der Waals surface area contributed by atoms with Gasteiger partial charge >= 0.3 is 5.97 Å². The summed E-state index contributed by atoms with van der Waals surface area (Å²) in [5.74, 6) is -0.340. The molecule has 2 aromatic carbocycles. The number of carbonyl (C=O) groups is 1. The number of carbonyl (C=O) groups excluding carboxylic acids is 1. The Hall–Kier alpha value is -1.86. The number of hydrogen-bond donors (Lipinski definition) is 0. The van der Waals surface area contributed by atoms with Crippen molar-refractivity contribution in [3.8, 4) is 0 Å². The predicted octanol–water partition coefficient (Wildman–Crippen LogP) is 3.35. The third-order valence-electron chi connectivity index (χ3n) is 3.79. The highest BCUT2D eigenvalue weighted by Gasteiger charge is 2.28. The second kappa shape index (κ2) is 6.94. The van der Waals surface area contributed by atoms with E-state index in [1.807, 2.05) is 24.3 Å². The van der Waals surface area contributed by atoms with E-state index in [-0.39, 0.29) is 12.4 Å². The second-order valence-electron chi connectivity index (χ2n) is 5.46. The molecule has 3 rings (SSSR count). The molecule has 1 aliphatic heterocycles. The minimum atomic E-state index is -3.27. The van der Waals surface area contributed by atoms with E-state index in [0.29, 0.717) is 24.2 Å². The Bertz CT molecular complexity index is 866. The van der Waals surface area contributed by atoms with Crippen LogP contribution >= 0.6 is 15.9 Å². The van der Waals surface area contributed by atoms with Gasteiger partial charge in [0.15, 0.2) is 0 Å².